The predicted octanol–water partition coefficient (Wildman–Crippen LogP) is 4.79. The Morgan fingerprint density at radius 3 is 2.57 bits per heavy atom. The zero-order valence-corrected chi connectivity index (χ0v) is 11.9. The van der Waals surface area contributed by atoms with Gasteiger partial charge in [0, 0.05) is 16.6 Å². The topological polar surface area (TPSA) is 42.2 Å². The molecule has 1 aromatic heterocycles. The average Bonchev–Trinajstić information content (AvgIpc) is 2.81. The highest BCUT2D eigenvalue weighted by Crippen LogP contribution is 2.31. The van der Waals surface area contributed by atoms with Gasteiger partial charge in [-0.05, 0) is 37.3 Å². The van der Waals surface area contributed by atoms with E-state index in [-0.39, 0.29) is 11.6 Å². The Bertz CT molecular complexity index is 824. The summed E-state index contributed by atoms with van der Waals surface area (Å²) in [6.45, 7) is 1.79. The van der Waals surface area contributed by atoms with E-state index in [4.69, 9.17) is 16.0 Å². The number of carbonyl (C=O) groups excluding carboxylic acids is 1. The van der Waals surface area contributed by atoms with Gasteiger partial charge in [-0.15, -0.1) is 0 Å². The highest BCUT2D eigenvalue weighted by Gasteiger charge is 2.19. The molecule has 0 spiro atoms. The number of hydrogen-bond donors (Lipinski definition) is 1. The van der Waals surface area contributed by atoms with Crippen LogP contribution in [0.25, 0.3) is 11.0 Å². The highest BCUT2D eigenvalue weighted by atomic mass is 35.5. The van der Waals surface area contributed by atoms with Crippen molar-refractivity contribution in [1.29, 1.82) is 0 Å². The molecule has 0 bridgehead atoms. The van der Waals surface area contributed by atoms with Gasteiger partial charge in [0.1, 0.15) is 5.82 Å². The van der Waals surface area contributed by atoms with Gasteiger partial charge in [-0.25, -0.2) is 4.39 Å². The standard InChI is InChI=1S/C16H11ClFNO2/c1-9-12-3-2-4-13(17)15(12)21-14(9)16(20)19-11-7-5-10(18)6-8-11/h2-8H,1H3,(H,19,20). The summed E-state index contributed by atoms with van der Waals surface area (Å²) in [6, 6.07) is 10.9. The lowest BCUT2D eigenvalue weighted by molar-refractivity contribution is 0.0998. The van der Waals surface area contributed by atoms with E-state index in [1.807, 2.05) is 6.07 Å². The van der Waals surface area contributed by atoms with Gasteiger partial charge in [-0.2, -0.15) is 0 Å². The third kappa shape index (κ3) is 2.50. The third-order valence-electron chi connectivity index (χ3n) is 3.22. The second kappa shape index (κ2) is 5.22. The number of para-hydroxylation sites is 1. The van der Waals surface area contributed by atoms with Crippen molar-refractivity contribution in [3.63, 3.8) is 0 Å². The molecule has 1 N–H and O–H groups in total. The van der Waals surface area contributed by atoms with Crippen LogP contribution < -0.4 is 5.32 Å². The van der Waals surface area contributed by atoms with Crippen molar-refractivity contribution in [2.24, 2.45) is 0 Å². The molecule has 21 heavy (non-hydrogen) atoms. The van der Waals surface area contributed by atoms with E-state index in [1.165, 1.54) is 24.3 Å². The van der Waals surface area contributed by atoms with Crippen LogP contribution in [0.15, 0.2) is 46.9 Å². The fraction of sp³-hybridized carbons (Fsp3) is 0.0625. The summed E-state index contributed by atoms with van der Waals surface area (Å²) in [6.07, 6.45) is 0. The minimum absolute atomic E-state index is 0.197. The molecule has 0 aliphatic rings. The molecular weight excluding hydrogens is 293 g/mol. The van der Waals surface area contributed by atoms with Crippen molar-refractivity contribution >= 4 is 34.2 Å². The zero-order valence-electron chi connectivity index (χ0n) is 11.1. The minimum atomic E-state index is -0.397. The number of fused-ring (bicyclic) bond motifs is 1. The molecule has 3 nitrogen and oxygen atoms in total. The molecule has 1 amide bonds. The van der Waals surface area contributed by atoms with Gasteiger partial charge in [0.2, 0.25) is 0 Å². The number of anilines is 1. The largest absolute Gasteiger partial charge is 0.449 e. The molecule has 5 heteroatoms. The Hall–Kier alpha value is -2.33. The van der Waals surface area contributed by atoms with Crippen molar-refractivity contribution in [3.05, 3.63) is 64.6 Å². The van der Waals surface area contributed by atoms with Gasteiger partial charge in [-0.3, -0.25) is 4.79 Å². The number of benzene rings is 2. The van der Waals surface area contributed by atoms with Gasteiger partial charge in [-0.1, -0.05) is 23.7 Å². The quantitative estimate of drug-likeness (QED) is 0.740. The van der Waals surface area contributed by atoms with Crippen LogP contribution in [0.2, 0.25) is 5.02 Å². The lowest BCUT2D eigenvalue weighted by Gasteiger charge is -2.03. The van der Waals surface area contributed by atoms with Crippen LogP contribution in [-0.2, 0) is 0 Å². The molecule has 2 aromatic carbocycles. The Balaban J connectivity index is 1.96. The second-order valence-electron chi connectivity index (χ2n) is 4.63. The first-order valence-corrected chi connectivity index (χ1v) is 6.68. The summed E-state index contributed by atoms with van der Waals surface area (Å²) in [5.74, 6) is -0.562. The number of halogens is 2. The van der Waals surface area contributed by atoms with Gasteiger partial charge in [0.05, 0.1) is 5.02 Å². The first kappa shape index (κ1) is 13.6. The molecule has 0 saturated heterocycles. The number of carbonyl (C=O) groups is 1. The average molecular weight is 304 g/mol. The van der Waals surface area contributed by atoms with Crippen LogP contribution in [0.5, 0.6) is 0 Å². The van der Waals surface area contributed by atoms with Crippen LogP contribution in [-0.4, -0.2) is 5.91 Å². The van der Waals surface area contributed by atoms with Gasteiger partial charge in [0.15, 0.2) is 11.3 Å². The van der Waals surface area contributed by atoms with Crippen molar-refractivity contribution in [2.45, 2.75) is 6.92 Å². The summed E-state index contributed by atoms with van der Waals surface area (Å²) in [5, 5.41) is 3.92. The molecule has 106 valence electrons. The number of amides is 1. The molecule has 3 aromatic rings. The molecule has 1 heterocycles. The van der Waals surface area contributed by atoms with Crippen molar-refractivity contribution in [3.8, 4) is 0 Å². The summed E-state index contributed by atoms with van der Waals surface area (Å²) >= 11 is 6.06. The molecule has 0 saturated carbocycles. The maximum Gasteiger partial charge on any atom is 0.291 e. The van der Waals surface area contributed by atoms with Crippen molar-refractivity contribution < 1.29 is 13.6 Å². The van der Waals surface area contributed by atoms with Gasteiger partial charge < -0.3 is 9.73 Å². The number of rotatable bonds is 2. The highest BCUT2D eigenvalue weighted by molar-refractivity contribution is 6.35. The molecule has 3 rings (SSSR count). The summed E-state index contributed by atoms with van der Waals surface area (Å²) in [5.41, 5.74) is 1.69. The minimum Gasteiger partial charge on any atom is -0.449 e. The van der Waals surface area contributed by atoms with Gasteiger partial charge >= 0.3 is 0 Å². The fourth-order valence-corrected chi connectivity index (χ4v) is 2.36. The first-order valence-electron chi connectivity index (χ1n) is 6.31. The zero-order chi connectivity index (χ0) is 15.0. The lowest BCUT2D eigenvalue weighted by atomic mass is 10.1. The summed E-state index contributed by atoms with van der Waals surface area (Å²) in [7, 11) is 0. The van der Waals surface area contributed by atoms with Gasteiger partial charge in [0.25, 0.3) is 5.91 Å². The normalized spacial score (nSPS) is 10.8. The maximum absolute atomic E-state index is 12.8. The second-order valence-corrected chi connectivity index (χ2v) is 5.04. The summed E-state index contributed by atoms with van der Waals surface area (Å²) in [4.78, 5) is 12.3. The number of aryl methyl sites for hydroxylation is 1. The van der Waals surface area contributed by atoms with E-state index in [1.54, 1.807) is 19.1 Å². The molecular formula is C16H11ClFNO2. The monoisotopic (exact) mass is 303 g/mol. The summed E-state index contributed by atoms with van der Waals surface area (Å²) < 4.78 is 18.4. The van der Waals surface area contributed by atoms with Crippen LogP contribution in [0.1, 0.15) is 16.1 Å². The van der Waals surface area contributed by atoms with Crippen LogP contribution in [0, 0.1) is 12.7 Å². The third-order valence-corrected chi connectivity index (χ3v) is 3.52. The van der Waals surface area contributed by atoms with E-state index >= 15 is 0 Å². The molecule has 0 aliphatic carbocycles. The van der Waals surface area contributed by atoms with Crippen LogP contribution in [0.3, 0.4) is 0 Å². The Labute approximate surface area is 125 Å². The SMILES string of the molecule is Cc1c(C(=O)Nc2ccc(F)cc2)oc2c(Cl)cccc12. The van der Waals surface area contributed by atoms with Crippen LogP contribution in [0.4, 0.5) is 10.1 Å². The number of hydrogen-bond acceptors (Lipinski definition) is 2. The molecule has 0 atom stereocenters. The number of nitrogens with one attached hydrogen (secondary N) is 1. The number of furan rings is 1. The fourth-order valence-electron chi connectivity index (χ4n) is 2.15. The van der Waals surface area contributed by atoms with Crippen LogP contribution >= 0.6 is 11.6 Å². The Morgan fingerprint density at radius 2 is 1.90 bits per heavy atom. The maximum atomic E-state index is 12.8. The van der Waals surface area contributed by atoms with E-state index < -0.39 is 5.91 Å². The van der Waals surface area contributed by atoms with Crippen molar-refractivity contribution in [1.82, 2.24) is 0 Å². The Kier molecular flexibility index (Phi) is 3.39. The molecule has 0 unspecified atom stereocenters. The van der Waals surface area contributed by atoms with Crippen molar-refractivity contribution in [2.75, 3.05) is 5.32 Å². The lowest BCUT2D eigenvalue weighted by Crippen LogP contribution is -2.12. The first-order chi connectivity index (χ1) is 10.1. The molecule has 0 aliphatic heterocycles. The van der Waals surface area contributed by atoms with E-state index in [2.05, 4.69) is 5.32 Å². The van der Waals surface area contributed by atoms with E-state index in [0.29, 0.717) is 21.9 Å². The Morgan fingerprint density at radius 1 is 1.19 bits per heavy atom. The smallest absolute Gasteiger partial charge is 0.291 e. The van der Waals surface area contributed by atoms with E-state index in [9.17, 15) is 9.18 Å². The van der Waals surface area contributed by atoms with E-state index in [0.717, 1.165) is 5.39 Å². The predicted molar refractivity (Wildman–Crippen MR) is 80.3 cm³/mol. The molecule has 0 fully saturated rings. The molecule has 0 radical (unpaired) electrons.